The van der Waals surface area contributed by atoms with Crippen LogP contribution in [-0.2, 0) is 0 Å². The molecule has 1 aromatic heterocycles. The minimum absolute atomic E-state index is 0.0371. The summed E-state index contributed by atoms with van der Waals surface area (Å²) in [6.07, 6.45) is 1.80. The molecule has 2 N–H and O–H groups in total. The molecule has 2 aromatic carbocycles. The molecule has 0 spiro atoms. The van der Waals surface area contributed by atoms with Crippen LogP contribution in [0.3, 0.4) is 0 Å². The molecule has 0 aliphatic carbocycles. The summed E-state index contributed by atoms with van der Waals surface area (Å²) >= 11 is 12.3. The second-order valence-electron chi connectivity index (χ2n) is 4.67. The zero-order valence-corrected chi connectivity index (χ0v) is 12.3. The Balaban J connectivity index is 1.94. The summed E-state index contributed by atoms with van der Waals surface area (Å²) in [5, 5.41) is 12.9. The first kappa shape index (κ1) is 13.3. The Labute approximate surface area is 126 Å². The lowest BCUT2D eigenvalue weighted by Gasteiger charge is -2.17. The van der Waals surface area contributed by atoms with Gasteiger partial charge in [-0.1, -0.05) is 35.3 Å². The molecule has 0 aliphatic heterocycles. The van der Waals surface area contributed by atoms with E-state index in [0.29, 0.717) is 10.0 Å². The van der Waals surface area contributed by atoms with Gasteiger partial charge in [0.05, 0.1) is 23.4 Å². The van der Waals surface area contributed by atoms with Gasteiger partial charge in [-0.2, -0.15) is 5.10 Å². The van der Waals surface area contributed by atoms with Gasteiger partial charge in [0.2, 0.25) is 0 Å². The van der Waals surface area contributed by atoms with E-state index in [1.165, 1.54) is 0 Å². The first-order valence-electron chi connectivity index (χ1n) is 6.29. The Hall–Kier alpha value is -1.71. The number of nitrogens with zero attached hydrogens (tertiary/aromatic N) is 1. The average molecular weight is 306 g/mol. The van der Waals surface area contributed by atoms with Gasteiger partial charge in [0.25, 0.3) is 0 Å². The van der Waals surface area contributed by atoms with Crippen molar-refractivity contribution in [2.75, 3.05) is 5.32 Å². The van der Waals surface area contributed by atoms with Gasteiger partial charge in [-0.3, -0.25) is 5.10 Å². The number of nitrogens with one attached hydrogen (secondary N) is 2. The van der Waals surface area contributed by atoms with Gasteiger partial charge in [0, 0.05) is 15.4 Å². The van der Waals surface area contributed by atoms with Gasteiger partial charge in [-0.15, -0.1) is 0 Å². The van der Waals surface area contributed by atoms with Crippen molar-refractivity contribution in [2.45, 2.75) is 13.0 Å². The molecule has 1 heterocycles. The van der Waals surface area contributed by atoms with Crippen molar-refractivity contribution in [2.24, 2.45) is 0 Å². The lowest BCUT2D eigenvalue weighted by molar-refractivity contribution is 0.886. The molecule has 0 amide bonds. The van der Waals surface area contributed by atoms with Crippen LogP contribution in [0.2, 0.25) is 10.0 Å². The predicted octanol–water partition coefficient (Wildman–Crippen LogP) is 5.04. The van der Waals surface area contributed by atoms with Crippen molar-refractivity contribution in [1.82, 2.24) is 10.2 Å². The van der Waals surface area contributed by atoms with Gasteiger partial charge < -0.3 is 5.32 Å². The molecule has 5 heteroatoms. The number of benzene rings is 2. The third-order valence-corrected chi connectivity index (χ3v) is 3.85. The molecule has 0 saturated carbocycles. The van der Waals surface area contributed by atoms with Gasteiger partial charge >= 0.3 is 0 Å². The van der Waals surface area contributed by atoms with Crippen LogP contribution in [0, 0.1) is 0 Å². The van der Waals surface area contributed by atoms with Gasteiger partial charge in [-0.25, -0.2) is 0 Å². The molecule has 0 fully saturated rings. The number of rotatable bonds is 3. The summed E-state index contributed by atoms with van der Waals surface area (Å²) in [6, 6.07) is 11.5. The number of fused-ring (bicyclic) bond motifs is 1. The summed E-state index contributed by atoms with van der Waals surface area (Å²) in [5.41, 5.74) is 2.94. The molecule has 0 radical (unpaired) electrons. The van der Waals surface area contributed by atoms with E-state index >= 15 is 0 Å². The third-order valence-electron chi connectivity index (χ3n) is 3.27. The van der Waals surface area contributed by atoms with E-state index in [1.54, 1.807) is 12.3 Å². The summed E-state index contributed by atoms with van der Waals surface area (Å²) in [5.74, 6) is 0. The minimum atomic E-state index is 0.0371. The normalized spacial score (nSPS) is 12.6. The highest BCUT2D eigenvalue weighted by molar-refractivity contribution is 6.33. The Morgan fingerprint density at radius 1 is 1.20 bits per heavy atom. The highest BCUT2D eigenvalue weighted by Crippen LogP contribution is 2.30. The fourth-order valence-electron chi connectivity index (χ4n) is 2.25. The number of hydrogen-bond donors (Lipinski definition) is 2. The molecule has 3 aromatic rings. The Morgan fingerprint density at radius 3 is 2.90 bits per heavy atom. The van der Waals surface area contributed by atoms with E-state index in [1.807, 2.05) is 37.3 Å². The Morgan fingerprint density at radius 2 is 2.05 bits per heavy atom. The highest BCUT2D eigenvalue weighted by atomic mass is 35.5. The van der Waals surface area contributed by atoms with E-state index in [4.69, 9.17) is 23.2 Å². The Kier molecular flexibility index (Phi) is 3.55. The third kappa shape index (κ3) is 2.47. The van der Waals surface area contributed by atoms with Crippen LogP contribution >= 0.6 is 23.2 Å². The van der Waals surface area contributed by atoms with E-state index in [0.717, 1.165) is 22.2 Å². The van der Waals surface area contributed by atoms with Crippen molar-refractivity contribution in [3.63, 3.8) is 0 Å². The SMILES string of the molecule is CC(Nc1cccc2cn[nH]c12)c1cc(Cl)ccc1Cl. The maximum absolute atomic E-state index is 6.24. The summed E-state index contributed by atoms with van der Waals surface area (Å²) < 4.78 is 0. The smallest absolute Gasteiger partial charge is 0.0881 e. The van der Waals surface area contributed by atoms with E-state index in [-0.39, 0.29) is 6.04 Å². The summed E-state index contributed by atoms with van der Waals surface area (Å²) in [6.45, 7) is 2.05. The highest BCUT2D eigenvalue weighted by Gasteiger charge is 2.12. The summed E-state index contributed by atoms with van der Waals surface area (Å²) in [7, 11) is 0. The lowest BCUT2D eigenvalue weighted by Crippen LogP contribution is -2.07. The number of H-pyrrole nitrogens is 1. The quantitative estimate of drug-likeness (QED) is 0.711. The fraction of sp³-hybridized carbons (Fsp3) is 0.133. The zero-order chi connectivity index (χ0) is 14.1. The van der Waals surface area contributed by atoms with Crippen molar-refractivity contribution < 1.29 is 0 Å². The number of para-hydroxylation sites is 1. The zero-order valence-electron chi connectivity index (χ0n) is 10.8. The molecule has 3 rings (SSSR count). The number of anilines is 1. The number of aromatic amines is 1. The van der Waals surface area contributed by atoms with Gasteiger partial charge in [0.1, 0.15) is 0 Å². The molecule has 0 saturated heterocycles. The molecule has 1 atom stereocenters. The van der Waals surface area contributed by atoms with Crippen molar-refractivity contribution in [3.8, 4) is 0 Å². The predicted molar refractivity (Wildman–Crippen MR) is 84.6 cm³/mol. The topological polar surface area (TPSA) is 40.7 Å². The van der Waals surface area contributed by atoms with E-state index < -0.39 is 0 Å². The van der Waals surface area contributed by atoms with Crippen molar-refractivity contribution >= 4 is 39.8 Å². The molecule has 0 aliphatic rings. The molecule has 1 unspecified atom stereocenters. The van der Waals surface area contributed by atoms with Crippen LogP contribution in [0.5, 0.6) is 0 Å². The first-order chi connectivity index (χ1) is 9.65. The number of halogens is 2. The van der Waals surface area contributed by atoms with Crippen LogP contribution in [-0.4, -0.2) is 10.2 Å². The second-order valence-corrected chi connectivity index (χ2v) is 5.52. The number of hydrogen-bond acceptors (Lipinski definition) is 2. The Bertz CT molecular complexity index is 752. The van der Waals surface area contributed by atoms with Crippen LogP contribution in [0.15, 0.2) is 42.6 Å². The standard InChI is InChI=1S/C15H13Cl2N3/c1-9(12-7-11(16)5-6-13(12)17)19-14-4-2-3-10-8-18-20-15(10)14/h2-9,19H,1H3,(H,18,20). The monoisotopic (exact) mass is 305 g/mol. The lowest BCUT2D eigenvalue weighted by atomic mass is 10.1. The largest absolute Gasteiger partial charge is 0.377 e. The second kappa shape index (κ2) is 5.35. The molecule has 3 nitrogen and oxygen atoms in total. The maximum atomic E-state index is 6.24. The van der Waals surface area contributed by atoms with Crippen LogP contribution in [0.4, 0.5) is 5.69 Å². The molecular weight excluding hydrogens is 293 g/mol. The van der Waals surface area contributed by atoms with Gasteiger partial charge in [-0.05, 0) is 36.8 Å². The summed E-state index contributed by atoms with van der Waals surface area (Å²) in [4.78, 5) is 0. The first-order valence-corrected chi connectivity index (χ1v) is 7.04. The molecule has 102 valence electrons. The fourth-order valence-corrected chi connectivity index (χ4v) is 2.71. The average Bonchev–Trinajstić information content (AvgIpc) is 2.91. The van der Waals surface area contributed by atoms with Crippen LogP contribution in [0.25, 0.3) is 10.9 Å². The van der Waals surface area contributed by atoms with Crippen molar-refractivity contribution in [3.05, 3.63) is 58.2 Å². The van der Waals surface area contributed by atoms with Gasteiger partial charge in [0.15, 0.2) is 0 Å². The molecular formula is C15H13Cl2N3. The maximum Gasteiger partial charge on any atom is 0.0881 e. The van der Waals surface area contributed by atoms with Crippen LogP contribution < -0.4 is 5.32 Å². The van der Waals surface area contributed by atoms with Crippen molar-refractivity contribution in [1.29, 1.82) is 0 Å². The minimum Gasteiger partial charge on any atom is -0.377 e. The van der Waals surface area contributed by atoms with E-state index in [2.05, 4.69) is 15.5 Å². The molecule has 0 bridgehead atoms. The number of aromatic nitrogens is 2. The van der Waals surface area contributed by atoms with Crippen LogP contribution in [0.1, 0.15) is 18.5 Å². The molecule has 20 heavy (non-hydrogen) atoms. The van der Waals surface area contributed by atoms with E-state index in [9.17, 15) is 0 Å².